The second-order valence-corrected chi connectivity index (χ2v) is 10.5. The van der Waals surface area contributed by atoms with Gasteiger partial charge in [-0.05, 0) is 31.2 Å². The molecule has 2 aromatic heterocycles. The van der Waals surface area contributed by atoms with Crippen LogP contribution in [0.25, 0.3) is 22.2 Å². The van der Waals surface area contributed by atoms with E-state index in [4.69, 9.17) is 9.84 Å². The molecule has 2 atom stereocenters. The van der Waals surface area contributed by atoms with Crippen molar-refractivity contribution < 1.29 is 18.7 Å². The van der Waals surface area contributed by atoms with Crippen LogP contribution >= 0.6 is 0 Å². The molecule has 0 spiro atoms. The van der Waals surface area contributed by atoms with Gasteiger partial charge in [-0.25, -0.2) is 14.1 Å². The van der Waals surface area contributed by atoms with Crippen molar-refractivity contribution in [3.8, 4) is 17.1 Å². The first-order valence-corrected chi connectivity index (χ1v) is 13.7. The molecule has 4 heterocycles. The van der Waals surface area contributed by atoms with E-state index in [2.05, 4.69) is 15.6 Å². The lowest BCUT2D eigenvalue weighted by Crippen LogP contribution is -2.42. The summed E-state index contributed by atoms with van der Waals surface area (Å²) in [5.74, 6) is -1.49. The summed E-state index contributed by atoms with van der Waals surface area (Å²) in [6, 6.07) is 21.6. The monoisotopic (exact) mass is 562 g/mol. The van der Waals surface area contributed by atoms with Crippen LogP contribution in [0.2, 0.25) is 0 Å². The predicted octanol–water partition coefficient (Wildman–Crippen LogP) is 4.90. The van der Waals surface area contributed by atoms with E-state index in [0.29, 0.717) is 35.0 Å². The van der Waals surface area contributed by atoms with Gasteiger partial charge in [-0.1, -0.05) is 48.5 Å². The Kier molecular flexibility index (Phi) is 6.11. The van der Waals surface area contributed by atoms with Crippen molar-refractivity contribution in [1.29, 1.82) is 0 Å². The Bertz CT molecular complexity index is 1910. The van der Waals surface area contributed by atoms with E-state index in [1.807, 2.05) is 79.3 Å². The first kappa shape index (κ1) is 25.7. The van der Waals surface area contributed by atoms with Gasteiger partial charge in [0.05, 0.1) is 17.5 Å². The Morgan fingerprint density at radius 1 is 1.07 bits per heavy atom. The number of para-hydroxylation sites is 1. The van der Waals surface area contributed by atoms with Gasteiger partial charge in [0.2, 0.25) is 12.0 Å². The Hall–Kier alpha value is -5.25. The number of nitrogens with one attached hydrogen (secondary N) is 2. The van der Waals surface area contributed by atoms with Gasteiger partial charge in [0, 0.05) is 53.8 Å². The number of aromatic nitrogens is 3. The molecule has 42 heavy (non-hydrogen) atoms. The maximum atomic E-state index is 14.9. The van der Waals surface area contributed by atoms with E-state index in [-0.39, 0.29) is 17.4 Å². The smallest absolute Gasteiger partial charge is 0.269 e. The summed E-state index contributed by atoms with van der Waals surface area (Å²) in [6.07, 6.45) is 1.25. The number of aliphatic imine (C=N–C) groups is 1. The molecule has 210 valence electrons. The molecule has 0 fully saturated rings. The van der Waals surface area contributed by atoms with Crippen LogP contribution in [-0.4, -0.2) is 44.1 Å². The van der Waals surface area contributed by atoms with E-state index < -0.39 is 23.8 Å². The largest absolute Gasteiger partial charge is 0.474 e. The van der Waals surface area contributed by atoms with Crippen LogP contribution in [0.5, 0.6) is 5.88 Å². The number of anilines is 1. The van der Waals surface area contributed by atoms with Crippen LogP contribution < -0.4 is 15.4 Å². The number of ether oxygens (including phenoxy) is 1. The van der Waals surface area contributed by atoms with Gasteiger partial charge in [0.15, 0.2) is 0 Å². The molecule has 0 bridgehead atoms. The quantitative estimate of drug-likeness (QED) is 0.325. The molecule has 10 heteroatoms. The highest BCUT2D eigenvalue weighted by Crippen LogP contribution is 2.36. The lowest BCUT2D eigenvalue weighted by Gasteiger charge is -2.22. The van der Waals surface area contributed by atoms with Crippen molar-refractivity contribution in [3.05, 3.63) is 102 Å². The molecule has 3 aromatic carbocycles. The minimum atomic E-state index is -1.35. The molecule has 7 rings (SSSR count). The zero-order valence-electron chi connectivity index (χ0n) is 23.0. The number of hydrogen-bond donors (Lipinski definition) is 2. The van der Waals surface area contributed by atoms with Crippen molar-refractivity contribution in [2.75, 3.05) is 5.32 Å². The van der Waals surface area contributed by atoms with Gasteiger partial charge >= 0.3 is 0 Å². The zero-order valence-corrected chi connectivity index (χ0v) is 23.0. The summed E-state index contributed by atoms with van der Waals surface area (Å²) >= 11 is 0. The molecule has 0 unspecified atom stereocenters. The van der Waals surface area contributed by atoms with E-state index in [1.165, 1.54) is 6.07 Å². The standard InChI is InChI=1S/C32H27FN6O3/c1-18-13-16-39-32(42-18)25(27(37-39)21-11-12-24-20(17-21)14-15-38(24)2)30(40)36-29-31(41)35-28-22(9-6-10-23(28)33)26(34-29)19-7-4-3-5-8-19/h3-12,14-15,17-18,29H,13,16H2,1-2H3,(H,35,41)(H,36,40)/t18-,29-/m1/s1. The highest BCUT2D eigenvalue weighted by molar-refractivity contribution is 6.20. The summed E-state index contributed by atoms with van der Waals surface area (Å²) in [5.41, 5.74) is 3.94. The average Bonchev–Trinajstić information content (AvgIpc) is 3.52. The van der Waals surface area contributed by atoms with E-state index in [9.17, 15) is 14.0 Å². The molecular formula is C32H27FN6O3. The number of benzodiazepines with no additional fused rings is 1. The molecule has 2 N–H and O–H groups in total. The zero-order chi connectivity index (χ0) is 29.0. The Morgan fingerprint density at radius 3 is 2.74 bits per heavy atom. The maximum Gasteiger partial charge on any atom is 0.269 e. The van der Waals surface area contributed by atoms with Crippen LogP contribution in [-0.2, 0) is 18.4 Å². The van der Waals surface area contributed by atoms with Gasteiger partial charge in [-0.2, -0.15) is 5.10 Å². The lowest BCUT2D eigenvalue weighted by molar-refractivity contribution is -0.117. The van der Waals surface area contributed by atoms with Gasteiger partial charge in [-0.3, -0.25) is 9.59 Å². The van der Waals surface area contributed by atoms with Crippen molar-refractivity contribution in [3.63, 3.8) is 0 Å². The number of carbonyl (C=O) groups excluding carboxylic acids is 2. The molecule has 5 aromatic rings. The van der Waals surface area contributed by atoms with Gasteiger partial charge in [0.25, 0.3) is 11.8 Å². The van der Waals surface area contributed by atoms with Crippen molar-refractivity contribution >= 4 is 34.1 Å². The fraction of sp³-hybridized carbons (Fsp3) is 0.188. The van der Waals surface area contributed by atoms with Crippen LogP contribution in [0.4, 0.5) is 10.1 Å². The summed E-state index contributed by atoms with van der Waals surface area (Å²) in [7, 11) is 1.97. The third-order valence-corrected chi connectivity index (χ3v) is 7.69. The number of rotatable bonds is 4. The van der Waals surface area contributed by atoms with Gasteiger partial charge in [0.1, 0.15) is 17.1 Å². The predicted molar refractivity (Wildman–Crippen MR) is 157 cm³/mol. The fourth-order valence-electron chi connectivity index (χ4n) is 5.52. The summed E-state index contributed by atoms with van der Waals surface area (Å²) < 4.78 is 24.8. The van der Waals surface area contributed by atoms with E-state index >= 15 is 0 Å². The normalized spacial score (nSPS) is 17.9. The number of nitrogens with zero attached hydrogens (tertiary/aromatic N) is 4. The number of aryl methyl sites for hydroxylation is 2. The SMILES string of the molecule is C[C@@H]1CCn2nc(-c3ccc4c(ccn4C)c3)c(C(=O)N[C@H]3N=C(c4ccccc4)c4cccc(F)c4NC3=O)c2O1. The molecule has 0 saturated heterocycles. The minimum absolute atomic E-state index is 0.0128. The summed E-state index contributed by atoms with van der Waals surface area (Å²) in [5, 5.41) is 11.2. The maximum absolute atomic E-state index is 14.9. The van der Waals surface area contributed by atoms with Crippen molar-refractivity contribution in [2.24, 2.45) is 12.0 Å². The second-order valence-electron chi connectivity index (χ2n) is 10.5. The Balaban J connectivity index is 1.32. The highest BCUT2D eigenvalue weighted by atomic mass is 19.1. The first-order chi connectivity index (χ1) is 20.4. The number of halogens is 1. The third-order valence-electron chi connectivity index (χ3n) is 7.69. The minimum Gasteiger partial charge on any atom is -0.474 e. The molecule has 2 aliphatic heterocycles. The fourth-order valence-corrected chi connectivity index (χ4v) is 5.52. The number of carbonyl (C=O) groups is 2. The number of benzene rings is 3. The summed E-state index contributed by atoms with van der Waals surface area (Å²) in [6.45, 7) is 2.52. The van der Waals surface area contributed by atoms with Gasteiger partial charge < -0.3 is 19.9 Å². The van der Waals surface area contributed by atoms with E-state index in [1.54, 1.807) is 16.8 Å². The van der Waals surface area contributed by atoms with Crippen LogP contribution in [0.1, 0.15) is 34.8 Å². The van der Waals surface area contributed by atoms with Crippen molar-refractivity contribution in [2.45, 2.75) is 32.2 Å². The third kappa shape index (κ3) is 4.32. The number of fused-ring (bicyclic) bond motifs is 3. The Morgan fingerprint density at radius 2 is 1.90 bits per heavy atom. The lowest BCUT2D eigenvalue weighted by atomic mass is 10.0. The molecular weight excluding hydrogens is 535 g/mol. The first-order valence-electron chi connectivity index (χ1n) is 13.7. The number of amides is 2. The molecule has 2 amide bonds. The van der Waals surface area contributed by atoms with Crippen LogP contribution in [0.15, 0.2) is 84.0 Å². The molecule has 9 nitrogen and oxygen atoms in total. The van der Waals surface area contributed by atoms with Crippen molar-refractivity contribution in [1.82, 2.24) is 19.7 Å². The summed E-state index contributed by atoms with van der Waals surface area (Å²) in [4.78, 5) is 32.2. The van der Waals surface area contributed by atoms with Crippen LogP contribution in [0.3, 0.4) is 0 Å². The molecule has 0 aliphatic carbocycles. The average molecular weight is 563 g/mol. The topological polar surface area (TPSA) is 103 Å². The van der Waals surface area contributed by atoms with E-state index in [0.717, 1.165) is 22.9 Å². The second kappa shape index (κ2) is 9.99. The van der Waals surface area contributed by atoms with Gasteiger partial charge in [-0.15, -0.1) is 0 Å². The Labute approximate surface area is 240 Å². The molecule has 2 aliphatic rings. The molecule has 0 radical (unpaired) electrons. The highest BCUT2D eigenvalue weighted by Gasteiger charge is 2.34. The van der Waals surface area contributed by atoms with Crippen LogP contribution in [0, 0.1) is 5.82 Å². The number of hydrogen-bond acceptors (Lipinski definition) is 5. The molecule has 0 saturated carbocycles.